The molecular formula is C13H24N2O3. The largest absolute Gasteiger partial charge is 0.393 e. The topological polar surface area (TPSA) is 53.0 Å². The summed E-state index contributed by atoms with van der Waals surface area (Å²) in [6.07, 6.45) is 1.87. The Morgan fingerprint density at radius 3 is 2.78 bits per heavy atom. The number of carbonyl (C=O) groups is 1. The molecule has 2 heterocycles. The van der Waals surface area contributed by atoms with Gasteiger partial charge in [-0.05, 0) is 32.2 Å². The molecule has 0 radical (unpaired) electrons. The predicted molar refractivity (Wildman–Crippen MR) is 68.2 cm³/mol. The number of aliphatic hydroxyl groups excluding tert-OH is 1. The Morgan fingerprint density at radius 1 is 1.39 bits per heavy atom. The first-order valence-electron chi connectivity index (χ1n) is 6.93. The van der Waals surface area contributed by atoms with E-state index in [2.05, 4.69) is 4.90 Å². The Balaban J connectivity index is 1.79. The van der Waals surface area contributed by atoms with Crippen molar-refractivity contribution in [3.8, 4) is 0 Å². The predicted octanol–water partition coefficient (Wildman–Crippen LogP) is -0.0620. The average Bonchev–Trinajstić information content (AvgIpc) is 2.40. The number of aliphatic hydroxyl groups is 1. The van der Waals surface area contributed by atoms with Gasteiger partial charge in [-0.3, -0.25) is 9.69 Å². The molecule has 1 N–H and O–H groups in total. The highest BCUT2D eigenvalue weighted by molar-refractivity contribution is 5.78. The molecule has 5 nitrogen and oxygen atoms in total. The van der Waals surface area contributed by atoms with Crippen LogP contribution in [0.15, 0.2) is 0 Å². The zero-order valence-corrected chi connectivity index (χ0v) is 11.2. The van der Waals surface area contributed by atoms with E-state index in [1.54, 1.807) is 0 Å². The molecule has 2 aliphatic rings. The number of likely N-dealkylation sites (tertiary alicyclic amines) is 1. The molecule has 0 aromatic carbocycles. The van der Waals surface area contributed by atoms with Gasteiger partial charge in [0.05, 0.1) is 25.9 Å². The van der Waals surface area contributed by atoms with Crippen molar-refractivity contribution in [3.05, 3.63) is 0 Å². The quantitative estimate of drug-likeness (QED) is 0.768. The van der Waals surface area contributed by atoms with E-state index < -0.39 is 0 Å². The second-order valence-electron chi connectivity index (χ2n) is 5.37. The number of amides is 1. The van der Waals surface area contributed by atoms with Gasteiger partial charge in [-0.2, -0.15) is 0 Å². The number of carbonyl (C=O) groups excluding carboxylic acids is 1. The van der Waals surface area contributed by atoms with E-state index in [0.717, 1.165) is 25.9 Å². The lowest BCUT2D eigenvalue weighted by atomic mass is 9.93. The van der Waals surface area contributed by atoms with E-state index >= 15 is 0 Å². The summed E-state index contributed by atoms with van der Waals surface area (Å²) in [5.41, 5.74) is 0. The van der Waals surface area contributed by atoms with Crippen LogP contribution in [-0.2, 0) is 9.53 Å². The molecule has 0 aromatic heterocycles. The SMILES string of the molecule is CC(O)C1CCCN(CC(=O)N2CCOCC2)C1. The van der Waals surface area contributed by atoms with Crippen LogP contribution >= 0.6 is 0 Å². The fourth-order valence-corrected chi connectivity index (χ4v) is 2.73. The normalized spacial score (nSPS) is 28.1. The molecule has 0 spiro atoms. The summed E-state index contributed by atoms with van der Waals surface area (Å²) in [4.78, 5) is 16.2. The van der Waals surface area contributed by atoms with Crippen LogP contribution in [0, 0.1) is 5.92 Å². The molecule has 18 heavy (non-hydrogen) atoms. The van der Waals surface area contributed by atoms with Gasteiger partial charge in [0.25, 0.3) is 0 Å². The maximum Gasteiger partial charge on any atom is 0.236 e. The second-order valence-corrected chi connectivity index (χ2v) is 5.37. The van der Waals surface area contributed by atoms with Crippen molar-refractivity contribution >= 4 is 5.91 Å². The summed E-state index contributed by atoms with van der Waals surface area (Å²) < 4.78 is 5.25. The van der Waals surface area contributed by atoms with Crippen molar-refractivity contribution in [1.82, 2.24) is 9.80 Å². The van der Waals surface area contributed by atoms with E-state index in [9.17, 15) is 9.90 Å². The van der Waals surface area contributed by atoms with Crippen molar-refractivity contribution in [1.29, 1.82) is 0 Å². The van der Waals surface area contributed by atoms with Gasteiger partial charge in [0.2, 0.25) is 5.91 Å². The fraction of sp³-hybridized carbons (Fsp3) is 0.923. The summed E-state index contributed by atoms with van der Waals surface area (Å²) >= 11 is 0. The molecule has 104 valence electrons. The number of hydrogen-bond donors (Lipinski definition) is 1. The van der Waals surface area contributed by atoms with Crippen LogP contribution in [0.25, 0.3) is 0 Å². The summed E-state index contributed by atoms with van der Waals surface area (Å²) in [6, 6.07) is 0. The number of hydrogen-bond acceptors (Lipinski definition) is 4. The molecular weight excluding hydrogens is 232 g/mol. The Bertz CT molecular complexity index is 277. The molecule has 1 amide bonds. The molecule has 2 fully saturated rings. The van der Waals surface area contributed by atoms with Crippen molar-refractivity contribution in [2.24, 2.45) is 5.92 Å². The van der Waals surface area contributed by atoms with Crippen LogP contribution in [0.3, 0.4) is 0 Å². The van der Waals surface area contributed by atoms with Gasteiger partial charge in [0, 0.05) is 19.6 Å². The Labute approximate surface area is 109 Å². The Morgan fingerprint density at radius 2 is 2.11 bits per heavy atom. The van der Waals surface area contributed by atoms with Gasteiger partial charge >= 0.3 is 0 Å². The monoisotopic (exact) mass is 256 g/mol. The van der Waals surface area contributed by atoms with Crippen LogP contribution in [-0.4, -0.2) is 72.9 Å². The number of morpholine rings is 1. The van der Waals surface area contributed by atoms with Crippen molar-refractivity contribution in [2.45, 2.75) is 25.9 Å². The smallest absolute Gasteiger partial charge is 0.236 e. The minimum Gasteiger partial charge on any atom is -0.393 e. The minimum absolute atomic E-state index is 0.199. The minimum atomic E-state index is -0.272. The maximum absolute atomic E-state index is 12.1. The molecule has 0 aliphatic carbocycles. The van der Waals surface area contributed by atoms with Gasteiger partial charge in [-0.25, -0.2) is 0 Å². The molecule has 0 saturated carbocycles. The number of ether oxygens (including phenoxy) is 1. The standard InChI is InChI=1S/C13H24N2O3/c1-11(16)12-3-2-4-14(9-12)10-13(17)15-5-7-18-8-6-15/h11-12,16H,2-10H2,1H3. The first-order chi connectivity index (χ1) is 8.66. The number of nitrogens with zero attached hydrogens (tertiary/aromatic N) is 2. The van der Waals surface area contributed by atoms with Gasteiger partial charge in [-0.1, -0.05) is 0 Å². The molecule has 2 aliphatic heterocycles. The molecule has 5 heteroatoms. The highest BCUT2D eigenvalue weighted by Gasteiger charge is 2.26. The summed E-state index contributed by atoms with van der Waals surface area (Å²) in [6.45, 7) is 6.89. The van der Waals surface area contributed by atoms with Crippen molar-refractivity contribution in [2.75, 3.05) is 45.9 Å². The molecule has 0 bridgehead atoms. The Hall–Kier alpha value is -0.650. The molecule has 0 aromatic rings. The van der Waals surface area contributed by atoms with E-state index in [4.69, 9.17) is 4.74 Å². The first kappa shape index (κ1) is 13.8. The van der Waals surface area contributed by atoms with Gasteiger partial charge in [-0.15, -0.1) is 0 Å². The highest BCUT2D eigenvalue weighted by Crippen LogP contribution is 2.19. The van der Waals surface area contributed by atoms with E-state index in [0.29, 0.717) is 38.8 Å². The van der Waals surface area contributed by atoms with Crippen LogP contribution in [0.1, 0.15) is 19.8 Å². The first-order valence-corrected chi connectivity index (χ1v) is 6.93. The summed E-state index contributed by atoms with van der Waals surface area (Å²) in [7, 11) is 0. The molecule has 2 atom stereocenters. The van der Waals surface area contributed by atoms with Crippen LogP contribution in [0.4, 0.5) is 0 Å². The zero-order valence-electron chi connectivity index (χ0n) is 11.2. The van der Waals surface area contributed by atoms with Crippen molar-refractivity contribution < 1.29 is 14.6 Å². The molecule has 2 unspecified atom stereocenters. The summed E-state index contributed by atoms with van der Waals surface area (Å²) in [5.74, 6) is 0.515. The highest BCUT2D eigenvalue weighted by atomic mass is 16.5. The lowest BCUT2D eigenvalue weighted by molar-refractivity contribution is -0.137. The van der Waals surface area contributed by atoms with E-state index in [1.165, 1.54) is 0 Å². The van der Waals surface area contributed by atoms with E-state index in [-0.39, 0.29) is 12.0 Å². The third-order valence-corrected chi connectivity index (χ3v) is 3.95. The Kier molecular flexibility index (Phi) is 4.97. The van der Waals surface area contributed by atoms with Crippen molar-refractivity contribution in [3.63, 3.8) is 0 Å². The maximum atomic E-state index is 12.1. The van der Waals surface area contributed by atoms with Crippen LogP contribution < -0.4 is 0 Å². The average molecular weight is 256 g/mol. The van der Waals surface area contributed by atoms with Crippen LogP contribution in [0.2, 0.25) is 0 Å². The molecule has 2 saturated heterocycles. The lowest BCUT2D eigenvalue weighted by Gasteiger charge is -2.35. The number of piperidine rings is 1. The molecule has 2 rings (SSSR count). The van der Waals surface area contributed by atoms with Gasteiger partial charge in [0.1, 0.15) is 0 Å². The zero-order chi connectivity index (χ0) is 13.0. The van der Waals surface area contributed by atoms with Gasteiger partial charge < -0.3 is 14.7 Å². The third kappa shape index (κ3) is 3.67. The lowest BCUT2D eigenvalue weighted by Crippen LogP contribution is -2.48. The van der Waals surface area contributed by atoms with E-state index in [1.807, 2.05) is 11.8 Å². The van der Waals surface area contributed by atoms with Crippen LogP contribution in [0.5, 0.6) is 0 Å². The second kappa shape index (κ2) is 6.50. The fourth-order valence-electron chi connectivity index (χ4n) is 2.73. The number of rotatable bonds is 3. The third-order valence-electron chi connectivity index (χ3n) is 3.95. The van der Waals surface area contributed by atoms with Gasteiger partial charge in [0.15, 0.2) is 0 Å². The summed E-state index contributed by atoms with van der Waals surface area (Å²) in [5, 5.41) is 9.64.